The highest BCUT2D eigenvalue weighted by molar-refractivity contribution is 5.20. The summed E-state index contributed by atoms with van der Waals surface area (Å²) in [5.74, 6) is 1.95. The molecule has 1 aromatic rings. The van der Waals surface area contributed by atoms with E-state index in [0.717, 1.165) is 43.4 Å². The van der Waals surface area contributed by atoms with Crippen molar-refractivity contribution >= 4 is 0 Å². The predicted octanol–water partition coefficient (Wildman–Crippen LogP) is 1.27. The van der Waals surface area contributed by atoms with Crippen molar-refractivity contribution in [3.05, 3.63) is 23.2 Å². The molecular formula is C12H20N2O2. The lowest BCUT2D eigenvalue weighted by atomic mass is 10.2. The molecule has 1 unspecified atom stereocenters. The Morgan fingerprint density at radius 1 is 1.56 bits per heavy atom. The molecule has 1 aliphatic rings. The standard InChI is InChI=1S/C12H20N2O2/c1-9-8-15-4-3-14(9)7-12-5-11(6-13)10(2)16-12/h5,9H,3-4,6-8,13H2,1-2H3. The summed E-state index contributed by atoms with van der Waals surface area (Å²) in [4.78, 5) is 2.38. The van der Waals surface area contributed by atoms with Crippen LogP contribution in [0.5, 0.6) is 0 Å². The average Bonchev–Trinajstić information content (AvgIpc) is 2.62. The fourth-order valence-electron chi connectivity index (χ4n) is 2.06. The minimum Gasteiger partial charge on any atom is -0.465 e. The topological polar surface area (TPSA) is 51.6 Å². The third-order valence-corrected chi connectivity index (χ3v) is 3.16. The molecule has 4 heteroatoms. The summed E-state index contributed by atoms with van der Waals surface area (Å²) in [6.45, 7) is 8.14. The molecule has 1 atom stereocenters. The van der Waals surface area contributed by atoms with Crippen LogP contribution in [0.2, 0.25) is 0 Å². The van der Waals surface area contributed by atoms with Gasteiger partial charge in [0.2, 0.25) is 0 Å². The van der Waals surface area contributed by atoms with Gasteiger partial charge in [0, 0.05) is 24.7 Å². The molecule has 4 nitrogen and oxygen atoms in total. The highest BCUT2D eigenvalue weighted by atomic mass is 16.5. The summed E-state index contributed by atoms with van der Waals surface area (Å²) < 4.78 is 11.1. The first-order valence-electron chi connectivity index (χ1n) is 5.80. The van der Waals surface area contributed by atoms with Crippen molar-refractivity contribution < 1.29 is 9.15 Å². The fraction of sp³-hybridized carbons (Fsp3) is 0.667. The van der Waals surface area contributed by atoms with E-state index in [-0.39, 0.29) is 0 Å². The molecule has 0 aliphatic carbocycles. The molecule has 1 aromatic heterocycles. The van der Waals surface area contributed by atoms with Crippen LogP contribution in [0.4, 0.5) is 0 Å². The second kappa shape index (κ2) is 4.99. The number of hydrogen-bond acceptors (Lipinski definition) is 4. The molecule has 0 radical (unpaired) electrons. The highest BCUT2D eigenvalue weighted by Gasteiger charge is 2.20. The number of ether oxygens (including phenoxy) is 1. The van der Waals surface area contributed by atoms with Crippen molar-refractivity contribution in [2.24, 2.45) is 5.73 Å². The Hall–Kier alpha value is -0.840. The Labute approximate surface area is 96.4 Å². The van der Waals surface area contributed by atoms with Gasteiger partial charge >= 0.3 is 0 Å². The maximum Gasteiger partial charge on any atom is 0.118 e. The Morgan fingerprint density at radius 3 is 3.00 bits per heavy atom. The molecule has 0 amide bonds. The summed E-state index contributed by atoms with van der Waals surface area (Å²) in [7, 11) is 0. The first-order chi connectivity index (χ1) is 7.70. The molecule has 1 fully saturated rings. The second-order valence-electron chi connectivity index (χ2n) is 4.39. The molecule has 0 saturated carbocycles. The van der Waals surface area contributed by atoms with Gasteiger partial charge in [0.25, 0.3) is 0 Å². The van der Waals surface area contributed by atoms with E-state index in [4.69, 9.17) is 14.9 Å². The summed E-state index contributed by atoms with van der Waals surface area (Å²) in [6, 6.07) is 2.53. The number of hydrogen-bond donors (Lipinski definition) is 1. The van der Waals surface area contributed by atoms with Crippen molar-refractivity contribution in [2.45, 2.75) is 33.0 Å². The van der Waals surface area contributed by atoms with E-state index in [1.165, 1.54) is 0 Å². The van der Waals surface area contributed by atoms with E-state index in [0.29, 0.717) is 12.6 Å². The lowest BCUT2D eigenvalue weighted by molar-refractivity contribution is -0.00717. The Kier molecular flexibility index (Phi) is 3.63. The molecule has 0 bridgehead atoms. The monoisotopic (exact) mass is 224 g/mol. The third kappa shape index (κ3) is 2.45. The van der Waals surface area contributed by atoms with Gasteiger partial charge in [0.1, 0.15) is 11.5 Å². The van der Waals surface area contributed by atoms with Gasteiger partial charge in [0.05, 0.1) is 19.8 Å². The van der Waals surface area contributed by atoms with Gasteiger partial charge < -0.3 is 14.9 Å². The van der Waals surface area contributed by atoms with E-state index in [1.807, 2.05) is 6.92 Å². The first-order valence-corrected chi connectivity index (χ1v) is 5.80. The van der Waals surface area contributed by atoms with Gasteiger partial charge in [0.15, 0.2) is 0 Å². The third-order valence-electron chi connectivity index (χ3n) is 3.16. The maximum atomic E-state index is 5.69. The minimum atomic E-state index is 0.459. The summed E-state index contributed by atoms with van der Waals surface area (Å²) in [5, 5.41) is 0. The van der Waals surface area contributed by atoms with E-state index in [1.54, 1.807) is 0 Å². The maximum absolute atomic E-state index is 5.69. The van der Waals surface area contributed by atoms with E-state index >= 15 is 0 Å². The smallest absolute Gasteiger partial charge is 0.118 e. The van der Waals surface area contributed by atoms with Gasteiger partial charge in [-0.3, -0.25) is 4.90 Å². The molecule has 0 spiro atoms. The van der Waals surface area contributed by atoms with Crippen LogP contribution in [0.1, 0.15) is 24.0 Å². The lowest BCUT2D eigenvalue weighted by Gasteiger charge is -2.32. The van der Waals surface area contributed by atoms with Crippen LogP contribution in [0.3, 0.4) is 0 Å². The zero-order valence-corrected chi connectivity index (χ0v) is 10.0. The summed E-state index contributed by atoms with van der Waals surface area (Å²) in [5.41, 5.74) is 6.74. The van der Waals surface area contributed by atoms with Crippen LogP contribution >= 0.6 is 0 Å². The SMILES string of the molecule is Cc1oc(CN2CCOCC2C)cc1CN. The van der Waals surface area contributed by atoms with Crippen molar-refractivity contribution in [3.8, 4) is 0 Å². The molecule has 2 rings (SSSR count). The van der Waals surface area contributed by atoms with Crippen LogP contribution in [0, 0.1) is 6.92 Å². The zero-order valence-electron chi connectivity index (χ0n) is 10.0. The molecule has 0 aromatic carbocycles. The lowest BCUT2D eigenvalue weighted by Crippen LogP contribution is -2.42. The van der Waals surface area contributed by atoms with Crippen molar-refractivity contribution in [1.82, 2.24) is 4.90 Å². The quantitative estimate of drug-likeness (QED) is 0.840. The average molecular weight is 224 g/mol. The van der Waals surface area contributed by atoms with Gasteiger partial charge in [-0.25, -0.2) is 0 Å². The fourth-order valence-corrected chi connectivity index (χ4v) is 2.06. The number of rotatable bonds is 3. The zero-order chi connectivity index (χ0) is 11.5. The van der Waals surface area contributed by atoms with Gasteiger partial charge in [-0.1, -0.05) is 0 Å². The number of aryl methyl sites for hydroxylation is 1. The van der Waals surface area contributed by atoms with E-state index < -0.39 is 0 Å². The molecule has 2 heterocycles. The molecule has 2 N–H and O–H groups in total. The molecule has 90 valence electrons. The number of nitrogens with zero attached hydrogens (tertiary/aromatic N) is 1. The van der Waals surface area contributed by atoms with E-state index in [9.17, 15) is 0 Å². The van der Waals surface area contributed by atoms with Crippen LogP contribution in [-0.4, -0.2) is 30.7 Å². The second-order valence-corrected chi connectivity index (χ2v) is 4.39. The van der Waals surface area contributed by atoms with Gasteiger partial charge in [-0.05, 0) is 19.9 Å². The molecule has 1 saturated heterocycles. The summed E-state index contributed by atoms with van der Waals surface area (Å²) in [6.07, 6.45) is 0. The van der Waals surface area contributed by atoms with Crippen LogP contribution in [-0.2, 0) is 17.8 Å². The molecule has 1 aliphatic heterocycles. The van der Waals surface area contributed by atoms with Crippen LogP contribution < -0.4 is 5.73 Å². The molecular weight excluding hydrogens is 204 g/mol. The van der Waals surface area contributed by atoms with Crippen molar-refractivity contribution in [3.63, 3.8) is 0 Å². The Balaban J connectivity index is 2.02. The van der Waals surface area contributed by atoms with Gasteiger partial charge in [-0.2, -0.15) is 0 Å². The number of morpholine rings is 1. The predicted molar refractivity (Wildman–Crippen MR) is 62.0 cm³/mol. The highest BCUT2D eigenvalue weighted by Crippen LogP contribution is 2.18. The summed E-state index contributed by atoms with van der Waals surface area (Å²) >= 11 is 0. The van der Waals surface area contributed by atoms with Crippen molar-refractivity contribution in [1.29, 1.82) is 0 Å². The largest absolute Gasteiger partial charge is 0.465 e. The number of furan rings is 1. The van der Waals surface area contributed by atoms with Crippen molar-refractivity contribution in [2.75, 3.05) is 19.8 Å². The Morgan fingerprint density at radius 2 is 2.38 bits per heavy atom. The van der Waals surface area contributed by atoms with E-state index in [2.05, 4.69) is 17.9 Å². The molecule has 16 heavy (non-hydrogen) atoms. The van der Waals surface area contributed by atoms with Gasteiger partial charge in [-0.15, -0.1) is 0 Å². The first kappa shape index (κ1) is 11.6. The number of nitrogens with two attached hydrogens (primary N) is 1. The van der Waals surface area contributed by atoms with Crippen LogP contribution in [0.15, 0.2) is 10.5 Å². The normalized spacial score (nSPS) is 22.6. The minimum absolute atomic E-state index is 0.459. The Bertz CT molecular complexity index is 349. The van der Waals surface area contributed by atoms with Crippen LogP contribution in [0.25, 0.3) is 0 Å².